The summed E-state index contributed by atoms with van der Waals surface area (Å²) in [6.07, 6.45) is 1.00. The highest BCUT2D eigenvalue weighted by atomic mass is 16.4. The maximum absolute atomic E-state index is 10.8. The highest BCUT2D eigenvalue weighted by Crippen LogP contribution is 2.17. The van der Waals surface area contributed by atoms with E-state index in [-0.39, 0.29) is 16.7 Å². The van der Waals surface area contributed by atoms with E-state index in [2.05, 4.69) is 0 Å². The fourth-order valence-corrected chi connectivity index (χ4v) is 1.40. The molecule has 4 nitrogen and oxygen atoms in total. The smallest absolute Gasteiger partial charge is 0.336 e. The zero-order valence-corrected chi connectivity index (χ0v) is 8.15. The van der Waals surface area contributed by atoms with Crippen molar-refractivity contribution in [1.82, 2.24) is 0 Å². The molecule has 0 atom stereocenters. The molecule has 76 valence electrons. The van der Waals surface area contributed by atoms with E-state index >= 15 is 0 Å². The first-order chi connectivity index (χ1) is 7.15. The molecular formula is C11H9NO3. The number of carboxylic acid groups (broad SMARTS) is 1. The molecule has 0 saturated carbocycles. The van der Waals surface area contributed by atoms with Gasteiger partial charge in [-0.25, -0.2) is 4.79 Å². The number of aldehydes is 1. The zero-order chi connectivity index (χ0) is 11.4. The highest BCUT2D eigenvalue weighted by Gasteiger charge is 2.15. The van der Waals surface area contributed by atoms with Gasteiger partial charge in [-0.3, -0.25) is 4.79 Å². The van der Waals surface area contributed by atoms with Gasteiger partial charge in [0, 0.05) is 5.56 Å². The quantitative estimate of drug-likeness (QED) is 0.757. The minimum Gasteiger partial charge on any atom is -0.478 e. The number of carbonyl (C=O) groups is 2. The van der Waals surface area contributed by atoms with E-state index < -0.39 is 5.97 Å². The Hall–Kier alpha value is -2.15. The maximum Gasteiger partial charge on any atom is 0.336 e. The van der Waals surface area contributed by atoms with Gasteiger partial charge in [-0.15, -0.1) is 0 Å². The van der Waals surface area contributed by atoms with Crippen LogP contribution in [0, 0.1) is 11.3 Å². The van der Waals surface area contributed by atoms with Crippen LogP contribution in [0.2, 0.25) is 0 Å². The molecule has 1 N–H and O–H groups in total. The number of carbonyl (C=O) groups excluding carboxylic acids is 1. The largest absolute Gasteiger partial charge is 0.478 e. The lowest BCUT2D eigenvalue weighted by atomic mass is 9.96. The number of aromatic carboxylic acids is 1. The predicted molar refractivity (Wildman–Crippen MR) is 52.9 cm³/mol. The van der Waals surface area contributed by atoms with E-state index in [0.717, 1.165) is 0 Å². The Morgan fingerprint density at radius 3 is 2.67 bits per heavy atom. The minimum atomic E-state index is -1.20. The number of aryl methyl sites for hydroxylation is 1. The SMILES string of the molecule is CCc1ccc(C(=O)O)c(C=O)c1C#N. The Bertz CT molecular complexity index is 458. The second kappa shape index (κ2) is 4.38. The van der Waals surface area contributed by atoms with Crippen LogP contribution in [-0.4, -0.2) is 17.4 Å². The summed E-state index contributed by atoms with van der Waals surface area (Å²) >= 11 is 0. The molecule has 0 fully saturated rings. The molecule has 0 aliphatic heterocycles. The fourth-order valence-electron chi connectivity index (χ4n) is 1.40. The average molecular weight is 203 g/mol. The number of hydrogen-bond donors (Lipinski definition) is 1. The van der Waals surface area contributed by atoms with Crippen molar-refractivity contribution in [2.75, 3.05) is 0 Å². The van der Waals surface area contributed by atoms with Gasteiger partial charge in [0.05, 0.1) is 11.1 Å². The van der Waals surface area contributed by atoms with Gasteiger partial charge in [0.1, 0.15) is 6.07 Å². The molecule has 0 spiro atoms. The molecule has 4 heteroatoms. The van der Waals surface area contributed by atoms with Crippen molar-refractivity contribution in [3.05, 3.63) is 34.4 Å². The number of rotatable bonds is 3. The van der Waals surface area contributed by atoms with E-state index in [1.807, 2.05) is 13.0 Å². The summed E-state index contributed by atoms with van der Waals surface area (Å²) in [6.45, 7) is 1.84. The average Bonchev–Trinajstić information content (AvgIpc) is 2.26. The summed E-state index contributed by atoms with van der Waals surface area (Å²) in [7, 11) is 0. The minimum absolute atomic E-state index is 0.0376. The Morgan fingerprint density at radius 2 is 2.27 bits per heavy atom. The van der Waals surface area contributed by atoms with Crippen molar-refractivity contribution in [3.8, 4) is 6.07 Å². The van der Waals surface area contributed by atoms with Gasteiger partial charge in [-0.1, -0.05) is 13.0 Å². The molecule has 1 aromatic rings. The molecule has 1 rings (SSSR count). The predicted octanol–water partition coefficient (Wildman–Crippen LogP) is 1.63. The third kappa shape index (κ3) is 1.86. The van der Waals surface area contributed by atoms with Gasteiger partial charge in [-0.2, -0.15) is 5.26 Å². The summed E-state index contributed by atoms with van der Waals surface area (Å²) in [6, 6.07) is 4.78. The molecule has 0 unspecified atom stereocenters. The molecule has 0 saturated heterocycles. The van der Waals surface area contributed by atoms with Crippen LogP contribution in [0.3, 0.4) is 0 Å². The van der Waals surface area contributed by atoms with Crippen LogP contribution in [-0.2, 0) is 6.42 Å². The van der Waals surface area contributed by atoms with Crippen LogP contribution >= 0.6 is 0 Å². The topological polar surface area (TPSA) is 78.2 Å². The van der Waals surface area contributed by atoms with Crippen LogP contribution in [0.25, 0.3) is 0 Å². The Balaban J connectivity index is 3.57. The Morgan fingerprint density at radius 1 is 1.60 bits per heavy atom. The van der Waals surface area contributed by atoms with Crippen LogP contribution < -0.4 is 0 Å². The van der Waals surface area contributed by atoms with Crippen molar-refractivity contribution in [2.24, 2.45) is 0 Å². The molecule has 0 aromatic heterocycles. The van der Waals surface area contributed by atoms with Crippen molar-refractivity contribution < 1.29 is 14.7 Å². The number of hydrogen-bond acceptors (Lipinski definition) is 3. The van der Waals surface area contributed by atoms with Crippen molar-refractivity contribution >= 4 is 12.3 Å². The van der Waals surface area contributed by atoms with Crippen LogP contribution in [0.4, 0.5) is 0 Å². The molecular weight excluding hydrogens is 194 g/mol. The lowest BCUT2D eigenvalue weighted by Gasteiger charge is -2.06. The van der Waals surface area contributed by atoms with Gasteiger partial charge in [-0.05, 0) is 18.1 Å². The molecule has 0 aliphatic carbocycles. The number of carboxylic acids is 1. The van der Waals surface area contributed by atoms with E-state index in [4.69, 9.17) is 10.4 Å². The second-order valence-electron chi connectivity index (χ2n) is 2.95. The van der Waals surface area contributed by atoms with Gasteiger partial charge < -0.3 is 5.11 Å². The zero-order valence-electron chi connectivity index (χ0n) is 8.15. The molecule has 0 aliphatic rings. The monoisotopic (exact) mass is 203 g/mol. The summed E-state index contributed by atoms with van der Waals surface area (Å²) in [5, 5.41) is 17.7. The molecule has 0 heterocycles. The first-order valence-electron chi connectivity index (χ1n) is 4.40. The fraction of sp³-hybridized carbons (Fsp3) is 0.182. The standard InChI is InChI=1S/C11H9NO3/c1-2-7-3-4-8(11(14)15)10(6-13)9(7)5-12/h3-4,6H,2H2,1H3,(H,14,15). The summed E-state index contributed by atoms with van der Waals surface area (Å²) < 4.78 is 0. The first-order valence-corrected chi connectivity index (χ1v) is 4.40. The van der Waals surface area contributed by atoms with Crippen LogP contribution in [0.1, 0.15) is 38.8 Å². The Kier molecular flexibility index (Phi) is 3.19. The van der Waals surface area contributed by atoms with E-state index in [1.54, 1.807) is 6.07 Å². The summed E-state index contributed by atoms with van der Waals surface area (Å²) in [5.74, 6) is -1.20. The van der Waals surface area contributed by atoms with E-state index in [0.29, 0.717) is 18.3 Å². The number of benzene rings is 1. The lowest BCUT2D eigenvalue weighted by molar-refractivity contribution is 0.0694. The second-order valence-corrected chi connectivity index (χ2v) is 2.95. The summed E-state index contributed by atoms with van der Waals surface area (Å²) in [4.78, 5) is 21.5. The van der Waals surface area contributed by atoms with Crippen molar-refractivity contribution in [2.45, 2.75) is 13.3 Å². The highest BCUT2D eigenvalue weighted by molar-refractivity contribution is 5.99. The number of nitriles is 1. The molecule has 0 radical (unpaired) electrons. The maximum atomic E-state index is 10.8. The molecule has 15 heavy (non-hydrogen) atoms. The lowest BCUT2D eigenvalue weighted by Crippen LogP contribution is -2.06. The Labute approximate surface area is 86.8 Å². The third-order valence-electron chi connectivity index (χ3n) is 2.17. The van der Waals surface area contributed by atoms with Gasteiger partial charge in [0.25, 0.3) is 0 Å². The van der Waals surface area contributed by atoms with Crippen LogP contribution in [0.15, 0.2) is 12.1 Å². The van der Waals surface area contributed by atoms with Crippen molar-refractivity contribution in [1.29, 1.82) is 5.26 Å². The van der Waals surface area contributed by atoms with Crippen LogP contribution in [0.5, 0.6) is 0 Å². The normalized spacial score (nSPS) is 9.33. The van der Waals surface area contributed by atoms with E-state index in [1.165, 1.54) is 6.07 Å². The molecule has 1 aromatic carbocycles. The van der Waals surface area contributed by atoms with Gasteiger partial charge in [0.15, 0.2) is 6.29 Å². The van der Waals surface area contributed by atoms with Gasteiger partial charge in [0.2, 0.25) is 0 Å². The first kappa shape index (κ1) is 10.9. The summed E-state index contributed by atoms with van der Waals surface area (Å²) in [5.41, 5.74) is 0.681. The van der Waals surface area contributed by atoms with Gasteiger partial charge >= 0.3 is 5.97 Å². The molecule has 0 amide bonds. The molecule has 0 bridgehead atoms. The number of nitrogens with zero attached hydrogens (tertiary/aromatic N) is 1. The third-order valence-corrected chi connectivity index (χ3v) is 2.17. The van der Waals surface area contributed by atoms with Crippen molar-refractivity contribution in [3.63, 3.8) is 0 Å². The van der Waals surface area contributed by atoms with E-state index in [9.17, 15) is 9.59 Å².